The molecule has 1 fully saturated rings. The molecule has 0 bridgehead atoms. The molecule has 3 N–H and O–H groups in total. The van der Waals surface area contributed by atoms with Crippen LogP contribution in [-0.4, -0.2) is 29.5 Å². The summed E-state index contributed by atoms with van der Waals surface area (Å²) in [5.41, 5.74) is 4.77. The first-order chi connectivity index (χ1) is 6.39. The molecule has 3 heteroatoms. The maximum Gasteiger partial charge on any atom is 0.0995 e. The SMILES string of the molecule is CCC(C)(CN)C1(O)CC(C)OC1C. The fraction of sp³-hybridized carbons (Fsp3) is 1.00. The summed E-state index contributed by atoms with van der Waals surface area (Å²) < 4.78 is 5.62. The van der Waals surface area contributed by atoms with Gasteiger partial charge in [-0.15, -0.1) is 0 Å². The van der Waals surface area contributed by atoms with E-state index in [9.17, 15) is 5.11 Å². The first-order valence-electron chi connectivity index (χ1n) is 5.47. The van der Waals surface area contributed by atoms with Crippen LogP contribution in [0, 0.1) is 5.41 Å². The summed E-state index contributed by atoms with van der Waals surface area (Å²) in [7, 11) is 0. The molecule has 0 aromatic rings. The molecule has 1 heterocycles. The lowest BCUT2D eigenvalue weighted by molar-refractivity contribution is -0.113. The summed E-state index contributed by atoms with van der Waals surface area (Å²) in [6, 6.07) is 0. The summed E-state index contributed by atoms with van der Waals surface area (Å²) in [6.45, 7) is 8.56. The summed E-state index contributed by atoms with van der Waals surface area (Å²) in [6.07, 6.45) is 1.58. The highest BCUT2D eigenvalue weighted by atomic mass is 16.5. The molecule has 0 saturated carbocycles. The van der Waals surface area contributed by atoms with E-state index in [-0.39, 0.29) is 17.6 Å². The Bertz CT molecular complexity index is 203. The van der Waals surface area contributed by atoms with Gasteiger partial charge in [0.25, 0.3) is 0 Å². The molecular weight excluding hydrogens is 178 g/mol. The summed E-state index contributed by atoms with van der Waals surface area (Å²) >= 11 is 0. The average Bonchev–Trinajstić information content (AvgIpc) is 2.40. The molecule has 3 nitrogen and oxygen atoms in total. The Labute approximate surface area is 86.6 Å². The van der Waals surface area contributed by atoms with Crippen LogP contribution in [0.3, 0.4) is 0 Å². The van der Waals surface area contributed by atoms with Crippen molar-refractivity contribution in [3.63, 3.8) is 0 Å². The lowest BCUT2D eigenvalue weighted by atomic mass is 9.67. The average molecular weight is 201 g/mol. The molecule has 0 spiro atoms. The highest BCUT2D eigenvalue weighted by molar-refractivity contribution is 5.04. The zero-order valence-corrected chi connectivity index (χ0v) is 9.71. The van der Waals surface area contributed by atoms with E-state index in [0.717, 1.165) is 6.42 Å². The van der Waals surface area contributed by atoms with Gasteiger partial charge in [-0.1, -0.05) is 13.8 Å². The second-order valence-electron chi connectivity index (χ2n) is 4.84. The number of hydrogen-bond acceptors (Lipinski definition) is 3. The predicted molar refractivity (Wildman–Crippen MR) is 57.0 cm³/mol. The minimum atomic E-state index is -0.768. The molecule has 0 amide bonds. The first kappa shape index (κ1) is 12.0. The Morgan fingerprint density at radius 1 is 1.57 bits per heavy atom. The Kier molecular flexibility index (Phi) is 3.24. The van der Waals surface area contributed by atoms with Gasteiger partial charge < -0.3 is 15.6 Å². The molecule has 4 atom stereocenters. The Hall–Kier alpha value is -0.120. The van der Waals surface area contributed by atoms with Gasteiger partial charge in [-0.3, -0.25) is 0 Å². The number of hydrogen-bond donors (Lipinski definition) is 2. The first-order valence-corrected chi connectivity index (χ1v) is 5.47. The van der Waals surface area contributed by atoms with Gasteiger partial charge in [0.2, 0.25) is 0 Å². The molecule has 0 aromatic carbocycles. The van der Waals surface area contributed by atoms with Gasteiger partial charge in [-0.25, -0.2) is 0 Å². The zero-order chi connectivity index (χ0) is 11.0. The molecule has 0 aliphatic carbocycles. The predicted octanol–water partition coefficient (Wildman–Crippen LogP) is 1.29. The van der Waals surface area contributed by atoms with Crippen molar-refractivity contribution in [1.29, 1.82) is 0 Å². The van der Waals surface area contributed by atoms with Crippen molar-refractivity contribution in [2.75, 3.05) is 6.54 Å². The number of ether oxygens (including phenoxy) is 1. The maximum absolute atomic E-state index is 10.6. The van der Waals surface area contributed by atoms with Crippen molar-refractivity contribution in [2.24, 2.45) is 11.1 Å². The fourth-order valence-electron chi connectivity index (χ4n) is 2.48. The van der Waals surface area contributed by atoms with E-state index in [0.29, 0.717) is 13.0 Å². The topological polar surface area (TPSA) is 55.5 Å². The van der Waals surface area contributed by atoms with Crippen molar-refractivity contribution in [3.05, 3.63) is 0 Å². The van der Waals surface area contributed by atoms with Gasteiger partial charge >= 0.3 is 0 Å². The van der Waals surface area contributed by atoms with E-state index in [1.165, 1.54) is 0 Å². The third-order valence-corrected chi connectivity index (χ3v) is 3.98. The van der Waals surface area contributed by atoms with Crippen LogP contribution in [0.2, 0.25) is 0 Å². The summed E-state index contributed by atoms with van der Waals surface area (Å²) in [5.74, 6) is 0. The van der Waals surface area contributed by atoms with Crippen molar-refractivity contribution < 1.29 is 9.84 Å². The molecular formula is C11H23NO2. The lowest BCUT2D eigenvalue weighted by Crippen LogP contribution is -2.54. The molecule has 14 heavy (non-hydrogen) atoms. The van der Waals surface area contributed by atoms with Crippen LogP contribution in [0.15, 0.2) is 0 Å². The van der Waals surface area contributed by atoms with Gasteiger partial charge in [0.05, 0.1) is 17.8 Å². The van der Waals surface area contributed by atoms with E-state index in [2.05, 4.69) is 6.92 Å². The van der Waals surface area contributed by atoms with Crippen LogP contribution in [0.1, 0.15) is 40.5 Å². The van der Waals surface area contributed by atoms with Crippen LogP contribution < -0.4 is 5.73 Å². The van der Waals surface area contributed by atoms with Crippen LogP contribution in [0.4, 0.5) is 0 Å². The van der Waals surface area contributed by atoms with Crippen molar-refractivity contribution in [1.82, 2.24) is 0 Å². The number of nitrogens with two attached hydrogens (primary N) is 1. The molecule has 1 aliphatic rings. The quantitative estimate of drug-likeness (QED) is 0.723. The lowest BCUT2D eigenvalue weighted by Gasteiger charge is -2.43. The standard InChI is InChI=1S/C11H23NO2/c1-5-10(4,7-12)11(13)6-8(2)14-9(11)3/h8-9,13H,5-7,12H2,1-4H3. The Morgan fingerprint density at radius 3 is 2.43 bits per heavy atom. The van der Waals surface area contributed by atoms with E-state index >= 15 is 0 Å². The molecule has 4 unspecified atom stereocenters. The van der Waals surface area contributed by atoms with Crippen molar-refractivity contribution in [3.8, 4) is 0 Å². The monoisotopic (exact) mass is 201 g/mol. The normalized spacial score (nSPS) is 42.4. The highest BCUT2D eigenvalue weighted by Crippen LogP contribution is 2.45. The van der Waals surface area contributed by atoms with Gasteiger partial charge in [-0.2, -0.15) is 0 Å². The maximum atomic E-state index is 10.6. The van der Waals surface area contributed by atoms with Gasteiger partial charge in [0.15, 0.2) is 0 Å². The zero-order valence-electron chi connectivity index (χ0n) is 9.71. The minimum Gasteiger partial charge on any atom is -0.386 e. The Balaban J connectivity index is 2.93. The molecule has 1 rings (SSSR count). The molecule has 0 aromatic heterocycles. The smallest absolute Gasteiger partial charge is 0.0995 e. The van der Waals surface area contributed by atoms with E-state index in [1.54, 1.807) is 0 Å². The van der Waals surface area contributed by atoms with Crippen LogP contribution >= 0.6 is 0 Å². The molecule has 84 valence electrons. The molecule has 1 aliphatic heterocycles. The van der Waals surface area contributed by atoms with Crippen LogP contribution in [-0.2, 0) is 4.74 Å². The fourth-order valence-corrected chi connectivity index (χ4v) is 2.48. The second kappa shape index (κ2) is 3.80. The largest absolute Gasteiger partial charge is 0.386 e. The van der Waals surface area contributed by atoms with Gasteiger partial charge in [0, 0.05) is 18.4 Å². The summed E-state index contributed by atoms with van der Waals surface area (Å²) in [5, 5.41) is 10.6. The highest BCUT2D eigenvalue weighted by Gasteiger charge is 2.54. The van der Waals surface area contributed by atoms with E-state index < -0.39 is 5.60 Å². The molecule has 1 saturated heterocycles. The third-order valence-electron chi connectivity index (χ3n) is 3.98. The second-order valence-corrected chi connectivity index (χ2v) is 4.84. The number of rotatable bonds is 3. The number of aliphatic hydroxyl groups is 1. The Morgan fingerprint density at radius 2 is 2.14 bits per heavy atom. The summed E-state index contributed by atoms with van der Waals surface area (Å²) in [4.78, 5) is 0. The minimum absolute atomic E-state index is 0.119. The van der Waals surface area contributed by atoms with Gasteiger partial charge in [0.1, 0.15) is 0 Å². The van der Waals surface area contributed by atoms with Gasteiger partial charge in [-0.05, 0) is 20.3 Å². The van der Waals surface area contributed by atoms with Crippen molar-refractivity contribution >= 4 is 0 Å². The van der Waals surface area contributed by atoms with Crippen LogP contribution in [0.5, 0.6) is 0 Å². The van der Waals surface area contributed by atoms with Crippen LogP contribution in [0.25, 0.3) is 0 Å². The van der Waals surface area contributed by atoms with E-state index in [1.807, 2.05) is 20.8 Å². The molecule has 0 radical (unpaired) electrons. The van der Waals surface area contributed by atoms with E-state index in [4.69, 9.17) is 10.5 Å². The third kappa shape index (κ3) is 1.58. The van der Waals surface area contributed by atoms with Crippen molar-refractivity contribution in [2.45, 2.75) is 58.3 Å².